The van der Waals surface area contributed by atoms with Crippen molar-refractivity contribution in [1.82, 2.24) is 9.88 Å². The molecule has 3 aromatic rings. The van der Waals surface area contributed by atoms with Gasteiger partial charge in [-0.2, -0.15) is 0 Å². The Labute approximate surface area is 160 Å². The number of benzene rings is 1. The second-order valence-electron chi connectivity index (χ2n) is 6.45. The van der Waals surface area contributed by atoms with Crippen molar-refractivity contribution in [3.8, 4) is 5.88 Å². The molecule has 1 atom stereocenters. The van der Waals surface area contributed by atoms with Crippen LogP contribution in [0.3, 0.4) is 0 Å². The number of nitrogens with two attached hydrogens (primary N) is 1. The number of ether oxygens (including phenoxy) is 1. The Morgan fingerprint density at radius 1 is 1.26 bits per heavy atom. The van der Waals surface area contributed by atoms with Crippen LogP contribution in [0.5, 0.6) is 5.88 Å². The van der Waals surface area contributed by atoms with Crippen LogP contribution in [0.2, 0.25) is 0 Å². The van der Waals surface area contributed by atoms with E-state index < -0.39 is 5.91 Å². The highest BCUT2D eigenvalue weighted by Crippen LogP contribution is 2.37. The standard InChI is InChI=1S/C20H19N3O3S/c1-26-18-11-13(12-5-2-3-6-14(12)22-18)20(25)23-10-4-7-15(23)16-8-9-17(27-16)19(21)24/h2-3,5-6,8-9,11,15H,4,7,10H2,1H3,(H2,21,24)/t15-/m1/s1. The molecule has 2 amide bonds. The molecular formula is C20H19N3O3S. The highest BCUT2D eigenvalue weighted by atomic mass is 32.1. The van der Waals surface area contributed by atoms with Crippen LogP contribution in [0.25, 0.3) is 10.9 Å². The molecule has 0 radical (unpaired) electrons. The summed E-state index contributed by atoms with van der Waals surface area (Å²) in [7, 11) is 1.54. The molecule has 0 unspecified atom stereocenters. The van der Waals surface area contributed by atoms with Gasteiger partial charge in [-0.25, -0.2) is 4.98 Å². The van der Waals surface area contributed by atoms with E-state index in [4.69, 9.17) is 10.5 Å². The van der Waals surface area contributed by atoms with Gasteiger partial charge >= 0.3 is 0 Å². The van der Waals surface area contributed by atoms with Gasteiger partial charge in [-0.1, -0.05) is 18.2 Å². The Morgan fingerprint density at radius 3 is 2.81 bits per heavy atom. The first kappa shape index (κ1) is 17.5. The van der Waals surface area contributed by atoms with E-state index in [1.165, 1.54) is 11.3 Å². The third-order valence-electron chi connectivity index (χ3n) is 4.84. The van der Waals surface area contributed by atoms with Gasteiger partial charge in [0.2, 0.25) is 5.88 Å². The molecule has 1 aromatic carbocycles. The van der Waals surface area contributed by atoms with Crippen molar-refractivity contribution < 1.29 is 14.3 Å². The molecule has 0 spiro atoms. The zero-order valence-electron chi connectivity index (χ0n) is 14.8. The van der Waals surface area contributed by atoms with E-state index in [2.05, 4.69) is 4.98 Å². The third kappa shape index (κ3) is 3.14. The monoisotopic (exact) mass is 381 g/mol. The van der Waals surface area contributed by atoms with E-state index in [1.54, 1.807) is 19.2 Å². The summed E-state index contributed by atoms with van der Waals surface area (Å²) in [6.45, 7) is 0.673. The van der Waals surface area contributed by atoms with Gasteiger partial charge < -0.3 is 15.4 Å². The zero-order chi connectivity index (χ0) is 19.0. The van der Waals surface area contributed by atoms with Gasteiger partial charge in [0.25, 0.3) is 11.8 Å². The number of thiophene rings is 1. The number of carbonyl (C=O) groups is 2. The molecule has 1 saturated heterocycles. The van der Waals surface area contributed by atoms with Crippen LogP contribution >= 0.6 is 11.3 Å². The predicted octanol–water partition coefficient (Wildman–Crippen LogP) is 3.38. The lowest BCUT2D eigenvalue weighted by atomic mass is 10.1. The summed E-state index contributed by atoms with van der Waals surface area (Å²) in [4.78, 5) is 32.6. The summed E-state index contributed by atoms with van der Waals surface area (Å²) in [6.07, 6.45) is 1.78. The summed E-state index contributed by atoms with van der Waals surface area (Å²) < 4.78 is 5.29. The summed E-state index contributed by atoms with van der Waals surface area (Å²) in [5.74, 6) is -0.0738. The van der Waals surface area contributed by atoms with Crippen LogP contribution in [0.4, 0.5) is 0 Å². The van der Waals surface area contributed by atoms with Gasteiger partial charge in [0, 0.05) is 22.9 Å². The molecular weight excluding hydrogens is 362 g/mol. The predicted molar refractivity (Wildman–Crippen MR) is 104 cm³/mol. The quantitative estimate of drug-likeness (QED) is 0.751. The van der Waals surface area contributed by atoms with Crippen LogP contribution in [0.1, 0.15) is 43.8 Å². The van der Waals surface area contributed by atoms with Crippen LogP contribution in [0, 0.1) is 0 Å². The highest BCUT2D eigenvalue weighted by molar-refractivity contribution is 7.14. The maximum Gasteiger partial charge on any atom is 0.258 e. The average molecular weight is 381 g/mol. The van der Waals surface area contributed by atoms with E-state index in [0.717, 1.165) is 28.6 Å². The van der Waals surface area contributed by atoms with Crippen molar-refractivity contribution in [2.45, 2.75) is 18.9 Å². The number of hydrogen-bond donors (Lipinski definition) is 1. The topological polar surface area (TPSA) is 85.5 Å². The second kappa shape index (κ2) is 7.00. The van der Waals surface area contributed by atoms with Gasteiger partial charge in [0.05, 0.1) is 29.1 Å². The Kier molecular flexibility index (Phi) is 4.53. The Morgan fingerprint density at radius 2 is 2.07 bits per heavy atom. The molecule has 2 aromatic heterocycles. The molecule has 0 aliphatic carbocycles. The molecule has 27 heavy (non-hydrogen) atoms. The van der Waals surface area contributed by atoms with Gasteiger partial charge in [0.1, 0.15) is 0 Å². The molecule has 6 nitrogen and oxygen atoms in total. The second-order valence-corrected chi connectivity index (χ2v) is 7.57. The number of aromatic nitrogens is 1. The van der Waals surface area contributed by atoms with Gasteiger partial charge in [-0.3, -0.25) is 9.59 Å². The van der Waals surface area contributed by atoms with E-state index in [-0.39, 0.29) is 11.9 Å². The van der Waals surface area contributed by atoms with Gasteiger partial charge in [-0.15, -0.1) is 11.3 Å². The molecule has 1 fully saturated rings. The number of rotatable bonds is 4. The van der Waals surface area contributed by atoms with E-state index in [0.29, 0.717) is 22.9 Å². The highest BCUT2D eigenvalue weighted by Gasteiger charge is 2.33. The fourth-order valence-corrected chi connectivity index (χ4v) is 4.57. The first-order valence-electron chi connectivity index (χ1n) is 8.73. The molecule has 3 heterocycles. The Bertz CT molecular complexity index is 1030. The number of nitrogens with zero attached hydrogens (tertiary/aromatic N) is 2. The zero-order valence-corrected chi connectivity index (χ0v) is 15.7. The molecule has 2 N–H and O–H groups in total. The number of pyridine rings is 1. The summed E-state index contributed by atoms with van der Waals surface area (Å²) >= 11 is 1.36. The van der Waals surface area contributed by atoms with Crippen molar-refractivity contribution in [2.24, 2.45) is 5.73 Å². The van der Waals surface area contributed by atoms with E-state index in [1.807, 2.05) is 35.2 Å². The van der Waals surface area contributed by atoms with Crippen LogP contribution in [0.15, 0.2) is 42.5 Å². The molecule has 0 bridgehead atoms. The number of para-hydroxylation sites is 1. The first-order valence-corrected chi connectivity index (χ1v) is 9.54. The summed E-state index contributed by atoms with van der Waals surface area (Å²) in [5.41, 5.74) is 6.68. The number of amides is 2. The van der Waals surface area contributed by atoms with Crippen molar-refractivity contribution >= 4 is 34.1 Å². The van der Waals surface area contributed by atoms with E-state index >= 15 is 0 Å². The number of methoxy groups -OCH3 is 1. The number of likely N-dealkylation sites (tertiary alicyclic amines) is 1. The lowest BCUT2D eigenvalue weighted by molar-refractivity contribution is 0.0739. The minimum Gasteiger partial charge on any atom is -0.481 e. The molecule has 7 heteroatoms. The Balaban J connectivity index is 1.73. The lowest BCUT2D eigenvalue weighted by Gasteiger charge is -2.24. The smallest absolute Gasteiger partial charge is 0.258 e. The van der Waals surface area contributed by atoms with Crippen molar-refractivity contribution in [3.63, 3.8) is 0 Å². The minimum absolute atomic E-state index is 0.0477. The number of primary amides is 1. The average Bonchev–Trinajstić information content (AvgIpc) is 3.35. The van der Waals surface area contributed by atoms with E-state index in [9.17, 15) is 9.59 Å². The molecule has 4 rings (SSSR count). The fraction of sp³-hybridized carbons (Fsp3) is 0.250. The van der Waals surface area contributed by atoms with Crippen molar-refractivity contribution in [2.75, 3.05) is 13.7 Å². The van der Waals surface area contributed by atoms with Gasteiger partial charge in [0.15, 0.2) is 0 Å². The first-order chi connectivity index (χ1) is 13.1. The summed E-state index contributed by atoms with van der Waals surface area (Å²) in [6, 6.07) is 12.8. The maximum absolute atomic E-state index is 13.4. The SMILES string of the molecule is COc1cc(C(=O)N2CCC[C@@H]2c2ccc(C(N)=O)s2)c2ccccc2n1. The van der Waals surface area contributed by atoms with Crippen LogP contribution < -0.4 is 10.5 Å². The van der Waals surface area contributed by atoms with Crippen molar-refractivity contribution in [1.29, 1.82) is 0 Å². The van der Waals surface area contributed by atoms with Gasteiger partial charge in [-0.05, 0) is 31.0 Å². The third-order valence-corrected chi connectivity index (χ3v) is 6.04. The lowest BCUT2D eigenvalue weighted by Crippen LogP contribution is -2.30. The van der Waals surface area contributed by atoms with Crippen LogP contribution in [-0.4, -0.2) is 35.4 Å². The largest absolute Gasteiger partial charge is 0.481 e. The normalized spacial score (nSPS) is 16.6. The van der Waals surface area contributed by atoms with Crippen molar-refractivity contribution in [3.05, 3.63) is 57.8 Å². The number of fused-ring (bicyclic) bond motifs is 1. The molecule has 0 saturated carbocycles. The molecule has 138 valence electrons. The molecule has 1 aliphatic rings. The number of hydrogen-bond acceptors (Lipinski definition) is 5. The maximum atomic E-state index is 13.4. The minimum atomic E-state index is -0.438. The Hall–Kier alpha value is -2.93. The summed E-state index contributed by atoms with van der Waals surface area (Å²) in [5, 5.41) is 0.804. The number of carbonyl (C=O) groups excluding carboxylic acids is 2. The fourth-order valence-electron chi connectivity index (χ4n) is 3.56. The molecule has 1 aliphatic heterocycles. The van der Waals surface area contributed by atoms with Crippen LogP contribution in [-0.2, 0) is 0 Å².